The predicted molar refractivity (Wildman–Crippen MR) is 67.4 cm³/mol. The van der Waals surface area contributed by atoms with Crippen LogP contribution < -0.4 is 10.1 Å². The second-order valence-electron chi connectivity index (χ2n) is 3.88. The molecule has 6 heteroatoms. The molecule has 0 fully saturated rings. The van der Waals surface area contributed by atoms with E-state index in [2.05, 4.69) is 10.3 Å². The fourth-order valence-corrected chi connectivity index (χ4v) is 1.83. The van der Waals surface area contributed by atoms with Crippen molar-refractivity contribution in [2.75, 3.05) is 19.0 Å². The molecule has 0 amide bonds. The number of alkyl halides is 2. The van der Waals surface area contributed by atoms with Gasteiger partial charge in [-0.25, -0.2) is 18.2 Å². The zero-order chi connectivity index (χ0) is 14.0. The SMILES string of the molecule is CCOc1cc2c(NC)cc(C(F)F)nc2cc1F. The summed E-state index contributed by atoms with van der Waals surface area (Å²) in [5.41, 5.74) is 0.241. The molecule has 2 aromatic rings. The van der Waals surface area contributed by atoms with Gasteiger partial charge in [-0.2, -0.15) is 0 Å². The summed E-state index contributed by atoms with van der Waals surface area (Å²) in [6, 6.07) is 3.82. The maximum absolute atomic E-state index is 13.7. The van der Waals surface area contributed by atoms with Gasteiger partial charge in [0.15, 0.2) is 11.6 Å². The normalized spacial score (nSPS) is 11.1. The lowest BCUT2D eigenvalue weighted by atomic mass is 10.1. The van der Waals surface area contributed by atoms with Gasteiger partial charge in [0.25, 0.3) is 6.43 Å². The van der Waals surface area contributed by atoms with E-state index in [1.165, 1.54) is 12.1 Å². The van der Waals surface area contributed by atoms with E-state index < -0.39 is 12.2 Å². The lowest BCUT2D eigenvalue weighted by Gasteiger charge is -2.11. The molecule has 0 aliphatic carbocycles. The number of benzene rings is 1. The van der Waals surface area contributed by atoms with Crippen LogP contribution in [-0.4, -0.2) is 18.6 Å². The Balaban J connectivity index is 2.68. The van der Waals surface area contributed by atoms with Gasteiger partial charge in [-0.15, -0.1) is 0 Å². The summed E-state index contributed by atoms with van der Waals surface area (Å²) in [6.45, 7) is 2.06. The van der Waals surface area contributed by atoms with E-state index in [0.29, 0.717) is 17.7 Å². The van der Waals surface area contributed by atoms with Crippen LogP contribution in [0.25, 0.3) is 10.9 Å². The van der Waals surface area contributed by atoms with Gasteiger partial charge < -0.3 is 10.1 Å². The Morgan fingerprint density at radius 3 is 2.63 bits per heavy atom. The summed E-state index contributed by atoms with van der Waals surface area (Å²) < 4.78 is 44.3. The largest absolute Gasteiger partial charge is 0.491 e. The fraction of sp³-hybridized carbons (Fsp3) is 0.308. The summed E-state index contributed by atoms with van der Waals surface area (Å²) in [7, 11) is 1.60. The Hall–Kier alpha value is -1.98. The third-order valence-electron chi connectivity index (χ3n) is 2.67. The Morgan fingerprint density at radius 2 is 2.05 bits per heavy atom. The van der Waals surface area contributed by atoms with Crippen LogP contribution >= 0.6 is 0 Å². The molecule has 1 aromatic heterocycles. The molecule has 0 saturated carbocycles. The molecule has 102 valence electrons. The quantitative estimate of drug-likeness (QED) is 0.918. The first-order chi connectivity index (χ1) is 9.06. The van der Waals surface area contributed by atoms with E-state index in [9.17, 15) is 13.2 Å². The number of hydrogen-bond acceptors (Lipinski definition) is 3. The number of nitrogens with zero attached hydrogens (tertiary/aromatic N) is 1. The highest BCUT2D eigenvalue weighted by Gasteiger charge is 2.15. The molecular formula is C13H13F3N2O. The molecule has 1 heterocycles. The first-order valence-electron chi connectivity index (χ1n) is 5.79. The Morgan fingerprint density at radius 1 is 1.32 bits per heavy atom. The van der Waals surface area contributed by atoms with Crippen LogP contribution in [0.1, 0.15) is 19.0 Å². The van der Waals surface area contributed by atoms with Crippen LogP contribution in [0.2, 0.25) is 0 Å². The Labute approximate surface area is 108 Å². The van der Waals surface area contributed by atoms with E-state index in [1.807, 2.05) is 0 Å². The minimum Gasteiger partial charge on any atom is -0.491 e. The smallest absolute Gasteiger partial charge is 0.280 e. The van der Waals surface area contributed by atoms with Crippen molar-refractivity contribution in [1.82, 2.24) is 4.98 Å². The van der Waals surface area contributed by atoms with Gasteiger partial charge in [-0.05, 0) is 19.1 Å². The molecule has 19 heavy (non-hydrogen) atoms. The van der Waals surface area contributed by atoms with E-state index >= 15 is 0 Å². The Bertz CT molecular complexity index is 602. The van der Waals surface area contributed by atoms with Gasteiger partial charge >= 0.3 is 0 Å². The van der Waals surface area contributed by atoms with Crippen molar-refractivity contribution in [3.05, 3.63) is 29.7 Å². The van der Waals surface area contributed by atoms with Gasteiger partial charge in [0.2, 0.25) is 0 Å². The van der Waals surface area contributed by atoms with Crippen molar-refractivity contribution in [3.63, 3.8) is 0 Å². The van der Waals surface area contributed by atoms with Gasteiger partial charge in [0.05, 0.1) is 12.1 Å². The van der Waals surface area contributed by atoms with E-state index in [0.717, 1.165) is 6.07 Å². The molecule has 1 aromatic carbocycles. The zero-order valence-electron chi connectivity index (χ0n) is 10.5. The van der Waals surface area contributed by atoms with E-state index in [1.54, 1.807) is 14.0 Å². The molecule has 0 saturated heterocycles. The Kier molecular flexibility index (Phi) is 3.78. The minimum atomic E-state index is -2.70. The molecule has 0 atom stereocenters. The van der Waals surface area contributed by atoms with E-state index in [-0.39, 0.29) is 17.0 Å². The van der Waals surface area contributed by atoms with Crippen LogP contribution in [0, 0.1) is 5.82 Å². The van der Waals surface area contributed by atoms with E-state index in [4.69, 9.17) is 4.74 Å². The molecule has 3 nitrogen and oxygen atoms in total. The van der Waals surface area contributed by atoms with Crippen molar-refractivity contribution < 1.29 is 17.9 Å². The summed E-state index contributed by atoms with van der Waals surface area (Å²) in [4.78, 5) is 3.76. The van der Waals surface area contributed by atoms with Crippen molar-refractivity contribution in [1.29, 1.82) is 0 Å². The zero-order valence-corrected chi connectivity index (χ0v) is 10.5. The van der Waals surface area contributed by atoms with Gasteiger partial charge in [-0.3, -0.25) is 0 Å². The first kappa shape index (κ1) is 13.5. The maximum atomic E-state index is 13.7. The average Bonchev–Trinajstić information content (AvgIpc) is 2.38. The number of ether oxygens (including phenoxy) is 1. The van der Waals surface area contributed by atoms with Crippen LogP contribution in [0.4, 0.5) is 18.9 Å². The van der Waals surface area contributed by atoms with Crippen molar-refractivity contribution in [2.45, 2.75) is 13.3 Å². The van der Waals surface area contributed by atoms with Crippen molar-refractivity contribution in [3.8, 4) is 5.75 Å². The van der Waals surface area contributed by atoms with Crippen molar-refractivity contribution in [2.24, 2.45) is 0 Å². The molecule has 0 aliphatic heterocycles. The number of anilines is 1. The lowest BCUT2D eigenvalue weighted by molar-refractivity contribution is 0.146. The van der Waals surface area contributed by atoms with Crippen molar-refractivity contribution >= 4 is 16.6 Å². The predicted octanol–water partition coefficient (Wildman–Crippen LogP) is 3.75. The van der Waals surface area contributed by atoms with Crippen LogP contribution in [0.5, 0.6) is 5.75 Å². The summed E-state index contributed by atoms with van der Waals surface area (Å²) >= 11 is 0. The fourth-order valence-electron chi connectivity index (χ4n) is 1.83. The molecule has 0 unspecified atom stereocenters. The number of fused-ring (bicyclic) bond motifs is 1. The molecule has 0 bridgehead atoms. The number of pyridine rings is 1. The summed E-state index contributed by atoms with van der Waals surface area (Å²) in [5.74, 6) is -0.534. The molecular weight excluding hydrogens is 257 g/mol. The van der Waals surface area contributed by atoms with Gasteiger partial charge in [0, 0.05) is 24.2 Å². The summed E-state index contributed by atoms with van der Waals surface area (Å²) in [6.07, 6.45) is -2.70. The van der Waals surface area contributed by atoms with Crippen LogP contribution in [-0.2, 0) is 0 Å². The van der Waals surface area contributed by atoms with Gasteiger partial charge in [-0.1, -0.05) is 0 Å². The first-order valence-corrected chi connectivity index (χ1v) is 5.79. The number of nitrogens with one attached hydrogen (secondary N) is 1. The molecule has 0 spiro atoms. The minimum absolute atomic E-state index is 0.0816. The van der Waals surface area contributed by atoms with Gasteiger partial charge in [0.1, 0.15) is 5.69 Å². The molecule has 0 radical (unpaired) electrons. The molecule has 1 N–H and O–H groups in total. The third-order valence-corrected chi connectivity index (χ3v) is 2.67. The number of aromatic nitrogens is 1. The second-order valence-corrected chi connectivity index (χ2v) is 3.88. The molecule has 2 rings (SSSR count). The third kappa shape index (κ3) is 2.57. The highest BCUT2D eigenvalue weighted by molar-refractivity contribution is 5.92. The number of rotatable bonds is 4. The van der Waals surface area contributed by atoms with Crippen LogP contribution in [0.15, 0.2) is 18.2 Å². The lowest BCUT2D eigenvalue weighted by Crippen LogP contribution is -2.00. The summed E-state index contributed by atoms with van der Waals surface area (Å²) in [5, 5.41) is 3.34. The highest BCUT2D eigenvalue weighted by atomic mass is 19.3. The topological polar surface area (TPSA) is 34.1 Å². The second kappa shape index (κ2) is 5.34. The highest BCUT2D eigenvalue weighted by Crippen LogP contribution is 2.31. The van der Waals surface area contributed by atoms with Crippen LogP contribution in [0.3, 0.4) is 0 Å². The molecule has 0 aliphatic rings. The monoisotopic (exact) mass is 270 g/mol. The maximum Gasteiger partial charge on any atom is 0.280 e. The number of hydrogen-bond donors (Lipinski definition) is 1. The standard InChI is InChI=1S/C13H13F3N2O/c1-3-19-12-4-7-9(17-2)6-11(13(15)16)18-10(7)5-8(12)14/h4-6,13H,3H2,1-2H3,(H,17,18). The average molecular weight is 270 g/mol. The number of halogens is 3.